The molecule has 0 aliphatic carbocycles. The molecule has 6 nitrogen and oxygen atoms in total. The predicted molar refractivity (Wildman–Crippen MR) is 103 cm³/mol. The maximum atomic E-state index is 14.1. The number of halogens is 1. The number of aromatic amines is 1. The molecule has 1 aromatic heterocycles. The van der Waals surface area contributed by atoms with Crippen LogP contribution in [0.4, 0.5) is 10.1 Å². The smallest absolute Gasteiger partial charge is 0.343 e. The SMILES string of the molecule is CCOC(=O)c1c[nH]c2cc3c(cc2c1=O)N(Cc1ccccc1F)CCO3. The minimum atomic E-state index is -0.664. The van der Waals surface area contributed by atoms with Crippen LogP contribution >= 0.6 is 0 Å². The number of nitrogens with one attached hydrogen (secondary N) is 1. The average Bonchev–Trinajstić information content (AvgIpc) is 2.69. The number of hydrogen-bond acceptors (Lipinski definition) is 5. The number of carbonyl (C=O) groups is 1. The molecule has 144 valence electrons. The quantitative estimate of drug-likeness (QED) is 0.702. The van der Waals surface area contributed by atoms with Crippen LogP contribution in [0, 0.1) is 5.82 Å². The summed E-state index contributed by atoms with van der Waals surface area (Å²) in [5, 5.41) is 0.355. The zero-order valence-electron chi connectivity index (χ0n) is 15.3. The van der Waals surface area contributed by atoms with Crippen LogP contribution < -0.4 is 15.1 Å². The molecule has 28 heavy (non-hydrogen) atoms. The molecule has 0 radical (unpaired) electrons. The Balaban J connectivity index is 1.78. The monoisotopic (exact) mass is 382 g/mol. The Bertz CT molecular complexity index is 1110. The van der Waals surface area contributed by atoms with Gasteiger partial charge in [-0.15, -0.1) is 0 Å². The minimum Gasteiger partial charge on any atom is -0.489 e. The van der Waals surface area contributed by atoms with Gasteiger partial charge in [-0.25, -0.2) is 9.18 Å². The summed E-state index contributed by atoms with van der Waals surface area (Å²) >= 11 is 0. The van der Waals surface area contributed by atoms with Gasteiger partial charge in [-0.05, 0) is 19.1 Å². The van der Waals surface area contributed by atoms with Crippen molar-refractivity contribution >= 4 is 22.6 Å². The standard InChI is InChI=1S/C21H19FN2O4/c1-2-27-21(26)15-11-23-17-10-19-18(9-14(17)20(15)25)24(7-8-28-19)12-13-5-3-4-6-16(13)22/h3-6,9-11H,2,7-8,12H2,1H3,(H,23,25). The summed E-state index contributed by atoms with van der Waals surface area (Å²) in [7, 11) is 0. The lowest BCUT2D eigenvalue weighted by molar-refractivity contribution is 0.0524. The van der Waals surface area contributed by atoms with Crippen molar-refractivity contribution in [2.24, 2.45) is 0 Å². The van der Waals surface area contributed by atoms with Crippen molar-refractivity contribution in [2.45, 2.75) is 13.5 Å². The van der Waals surface area contributed by atoms with E-state index >= 15 is 0 Å². The topological polar surface area (TPSA) is 71.6 Å². The molecular formula is C21H19FN2O4. The Labute approximate surface area is 160 Å². The molecule has 4 rings (SSSR count). The van der Waals surface area contributed by atoms with E-state index in [9.17, 15) is 14.0 Å². The van der Waals surface area contributed by atoms with Crippen molar-refractivity contribution in [2.75, 3.05) is 24.7 Å². The molecule has 2 aromatic carbocycles. The highest BCUT2D eigenvalue weighted by Crippen LogP contribution is 2.35. The Morgan fingerprint density at radius 3 is 2.93 bits per heavy atom. The molecule has 0 atom stereocenters. The molecule has 0 fully saturated rings. The summed E-state index contributed by atoms with van der Waals surface area (Å²) < 4.78 is 24.8. The number of aromatic nitrogens is 1. The first-order chi connectivity index (χ1) is 13.6. The highest BCUT2D eigenvalue weighted by molar-refractivity contribution is 5.95. The predicted octanol–water partition coefficient (Wildman–Crippen LogP) is 3.24. The number of anilines is 1. The van der Waals surface area contributed by atoms with E-state index in [0.29, 0.717) is 47.6 Å². The third-order valence-corrected chi connectivity index (χ3v) is 4.73. The summed E-state index contributed by atoms with van der Waals surface area (Å²) in [6.45, 7) is 3.23. The van der Waals surface area contributed by atoms with Crippen molar-refractivity contribution in [3.8, 4) is 5.75 Å². The number of fused-ring (bicyclic) bond motifs is 2. The van der Waals surface area contributed by atoms with Crippen molar-refractivity contribution in [1.29, 1.82) is 0 Å². The average molecular weight is 382 g/mol. The summed E-state index contributed by atoms with van der Waals surface area (Å²) in [5.74, 6) is -0.337. The highest BCUT2D eigenvalue weighted by atomic mass is 19.1. The zero-order valence-corrected chi connectivity index (χ0v) is 15.3. The number of esters is 1. The second-order valence-corrected chi connectivity index (χ2v) is 6.48. The molecule has 0 saturated carbocycles. The van der Waals surface area contributed by atoms with Gasteiger partial charge in [0.1, 0.15) is 23.7 Å². The van der Waals surface area contributed by atoms with E-state index < -0.39 is 11.4 Å². The zero-order chi connectivity index (χ0) is 19.7. The van der Waals surface area contributed by atoms with Crippen LogP contribution in [0.2, 0.25) is 0 Å². The minimum absolute atomic E-state index is 0.0494. The Kier molecular flexibility index (Phi) is 4.73. The highest BCUT2D eigenvalue weighted by Gasteiger charge is 2.22. The summed E-state index contributed by atoms with van der Waals surface area (Å²) in [6.07, 6.45) is 1.36. The number of rotatable bonds is 4. The molecule has 0 bridgehead atoms. The van der Waals surface area contributed by atoms with Gasteiger partial charge in [0, 0.05) is 29.8 Å². The van der Waals surface area contributed by atoms with Crippen molar-refractivity contribution < 1.29 is 18.7 Å². The second kappa shape index (κ2) is 7.34. The van der Waals surface area contributed by atoms with Crippen LogP contribution in [0.1, 0.15) is 22.8 Å². The molecule has 0 amide bonds. The first-order valence-corrected chi connectivity index (χ1v) is 9.06. The molecular weight excluding hydrogens is 363 g/mol. The second-order valence-electron chi connectivity index (χ2n) is 6.48. The number of hydrogen-bond donors (Lipinski definition) is 1. The first kappa shape index (κ1) is 18.0. The molecule has 0 unspecified atom stereocenters. The van der Waals surface area contributed by atoms with E-state index in [4.69, 9.17) is 9.47 Å². The maximum Gasteiger partial charge on any atom is 0.343 e. The van der Waals surface area contributed by atoms with Crippen LogP contribution in [-0.4, -0.2) is 30.7 Å². The van der Waals surface area contributed by atoms with E-state index in [0.717, 1.165) is 0 Å². The number of benzene rings is 2. The number of pyridine rings is 1. The molecule has 3 aromatic rings. The molecule has 1 N–H and O–H groups in total. The van der Waals surface area contributed by atoms with Gasteiger partial charge in [0.15, 0.2) is 0 Å². The molecule has 0 spiro atoms. The molecule has 1 aliphatic heterocycles. The van der Waals surface area contributed by atoms with Gasteiger partial charge in [0.25, 0.3) is 0 Å². The van der Waals surface area contributed by atoms with Crippen LogP contribution in [0.5, 0.6) is 5.75 Å². The van der Waals surface area contributed by atoms with Crippen LogP contribution in [0.3, 0.4) is 0 Å². The van der Waals surface area contributed by atoms with Crippen LogP contribution in [-0.2, 0) is 11.3 Å². The summed E-state index contributed by atoms with van der Waals surface area (Å²) in [6, 6.07) is 10.0. The van der Waals surface area contributed by atoms with Crippen molar-refractivity contribution in [3.63, 3.8) is 0 Å². The number of carbonyl (C=O) groups excluding carboxylic acids is 1. The fourth-order valence-electron chi connectivity index (χ4n) is 3.34. The van der Waals surface area contributed by atoms with E-state index in [1.165, 1.54) is 12.3 Å². The number of H-pyrrole nitrogens is 1. The number of ether oxygens (including phenoxy) is 2. The molecule has 7 heteroatoms. The lowest BCUT2D eigenvalue weighted by Gasteiger charge is -2.31. The van der Waals surface area contributed by atoms with Gasteiger partial charge in [0.2, 0.25) is 5.43 Å². The Morgan fingerprint density at radius 1 is 1.32 bits per heavy atom. The van der Waals surface area contributed by atoms with E-state index in [-0.39, 0.29) is 18.0 Å². The summed E-state index contributed by atoms with van der Waals surface area (Å²) in [5.41, 5.74) is 1.35. The third kappa shape index (κ3) is 3.19. The largest absolute Gasteiger partial charge is 0.489 e. The Morgan fingerprint density at radius 2 is 2.14 bits per heavy atom. The van der Waals surface area contributed by atoms with Gasteiger partial charge in [0.05, 0.1) is 24.4 Å². The molecule has 2 heterocycles. The van der Waals surface area contributed by atoms with E-state index in [1.54, 1.807) is 37.3 Å². The van der Waals surface area contributed by atoms with Crippen molar-refractivity contribution in [1.82, 2.24) is 4.98 Å². The third-order valence-electron chi connectivity index (χ3n) is 4.73. The van der Waals surface area contributed by atoms with Crippen molar-refractivity contribution in [3.05, 3.63) is 69.8 Å². The fourth-order valence-corrected chi connectivity index (χ4v) is 3.34. The van der Waals surface area contributed by atoms with Gasteiger partial charge in [-0.1, -0.05) is 18.2 Å². The molecule has 0 saturated heterocycles. The lowest BCUT2D eigenvalue weighted by atomic mass is 10.1. The van der Waals surface area contributed by atoms with Gasteiger partial charge in [-0.3, -0.25) is 4.79 Å². The van der Waals surface area contributed by atoms with Gasteiger partial charge < -0.3 is 19.4 Å². The van der Waals surface area contributed by atoms with Crippen LogP contribution in [0.15, 0.2) is 47.4 Å². The van der Waals surface area contributed by atoms with E-state index in [2.05, 4.69) is 4.98 Å². The van der Waals surface area contributed by atoms with Gasteiger partial charge in [-0.2, -0.15) is 0 Å². The lowest BCUT2D eigenvalue weighted by Crippen LogP contribution is -2.32. The Hall–Kier alpha value is -3.35. The normalized spacial score (nSPS) is 13.1. The van der Waals surface area contributed by atoms with Crippen LogP contribution in [0.25, 0.3) is 10.9 Å². The molecule has 1 aliphatic rings. The summed E-state index contributed by atoms with van der Waals surface area (Å²) in [4.78, 5) is 29.8. The fraction of sp³-hybridized carbons (Fsp3) is 0.238. The maximum absolute atomic E-state index is 14.1. The van der Waals surface area contributed by atoms with E-state index in [1.807, 2.05) is 4.90 Å². The number of nitrogens with zero attached hydrogens (tertiary/aromatic N) is 1. The van der Waals surface area contributed by atoms with Gasteiger partial charge >= 0.3 is 5.97 Å². The first-order valence-electron chi connectivity index (χ1n) is 9.06.